The number of amides is 1. The fraction of sp³-hybridized carbons (Fsp3) is 0.435. The van der Waals surface area contributed by atoms with Crippen molar-refractivity contribution >= 4 is 5.91 Å². The molecule has 1 atom stereocenters. The van der Waals surface area contributed by atoms with E-state index in [-0.39, 0.29) is 24.3 Å². The Labute approximate surface area is 165 Å². The summed E-state index contributed by atoms with van der Waals surface area (Å²) in [7, 11) is 0. The maximum Gasteiger partial charge on any atom is 0.220 e. The number of rotatable bonds is 7. The molecule has 1 fully saturated rings. The second-order valence-corrected chi connectivity index (χ2v) is 7.64. The summed E-state index contributed by atoms with van der Waals surface area (Å²) in [6.07, 6.45) is 4.17. The van der Waals surface area contributed by atoms with Crippen LogP contribution in [0.15, 0.2) is 42.5 Å². The summed E-state index contributed by atoms with van der Waals surface area (Å²) in [5, 5.41) is 2.85. The van der Waals surface area contributed by atoms with Crippen molar-refractivity contribution in [3.8, 4) is 0 Å². The Morgan fingerprint density at radius 1 is 1.11 bits per heavy atom. The maximum atomic E-state index is 13.6. The summed E-state index contributed by atoms with van der Waals surface area (Å²) in [6, 6.07) is 12.3. The molecule has 3 nitrogen and oxygen atoms in total. The number of piperidine rings is 1. The Morgan fingerprint density at radius 2 is 1.86 bits per heavy atom. The average Bonchev–Trinajstić information content (AvgIpc) is 2.70. The summed E-state index contributed by atoms with van der Waals surface area (Å²) in [5.74, 6) is -1.14. The van der Waals surface area contributed by atoms with Crippen molar-refractivity contribution in [2.24, 2.45) is 0 Å². The van der Waals surface area contributed by atoms with E-state index in [1.165, 1.54) is 24.8 Å². The molecular weight excluding hydrogens is 358 g/mol. The highest BCUT2D eigenvalue weighted by Crippen LogP contribution is 2.19. The Balaban J connectivity index is 1.44. The van der Waals surface area contributed by atoms with Crippen LogP contribution in [-0.4, -0.2) is 23.4 Å². The number of nitrogens with zero attached hydrogens (tertiary/aromatic N) is 1. The van der Waals surface area contributed by atoms with E-state index in [9.17, 15) is 13.6 Å². The number of nitrogens with one attached hydrogen (secondary N) is 1. The van der Waals surface area contributed by atoms with Crippen molar-refractivity contribution in [2.75, 3.05) is 6.54 Å². The van der Waals surface area contributed by atoms with E-state index in [0.29, 0.717) is 12.6 Å². The van der Waals surface area contributed by atoms with Crippen LogP contribution in [-0.2, 0) is 24.3 Å². The third-order valence-corrected chi connectivity index (χ3v) is 5.47. The van der Waals surface area contributed by atoms with Crippen LogP contribution in [0.3, 0.4) is 0 Å². The first-order valence-electron chi connectivity index (χ1n) is 10.0. The first kappa shape index (κ1) is 20.5. The van der Waals surface area contributed by atoms with Crippen molar-refractivity contribution in [3.05, 3.63) is 70.8 Å². The highest BCUT2D eigenvalue weighted by atomic mass is 19.1. The van der Waals surface area contributed by atoms with E-state index in [0.717, 1.165) is 36.9 Å². The zero-order valence-corrected chi connectivity index (χ0v) is 16.4. The van der Waals surface area contributed by atoms with Crippen LogP contribution in [0.25, 0.3) is 0 Å². The smallest absolute Gasteiger partial charge is 0.220 e. The molecule has 2 aromatic carbocycles. The van der Waals surface area contributed by atoms with Crippen LogP contribution in [0.1, 0.15) is 49.3 Å². The molecule has 3 rings (SSSR count). The number of aryl methyl sites for hydroxylation is 1. The van der Waals surface area contributed by atoms with Gasteiger partial charge in [0.1, 0.15) is 11.6 Å². The van der Waals surface area contributed by atoms with Gasteiger partial charge in [0.25, 0.3) is 0 Å². The van der Waals surface area contributed by atoms with Gasteiger partial charge in [-0.15, -0.1) is 0 Å². The summed E-state index contributed by atoms with van der Waals surface area (Å²) >= 11 is 0. The van der Waals surface area contributed by atoms with Crippen LogP contribution in [0.2, 0.25) is 0 Å². The van der Waals surface area contributed by atoms with Gasteiger partial charge in [0.05, 0.1) is 0 Å². The van der Waals surface area contributed by atoms with E-state index in [1.807, 2.05) is 12.1 Å². The lowest BCUT2D eigenvalue weighted by Crippen LogP contribution is -2.36. The first-order valence-corrected chi connectivity index (χ1v) is 10.0. The number of hydrogen-bond donors (Lipinski definition) is 1. The molecule has 1 amide bonds. The minimum atomic E-state index is -0.490. The highest BCUT2D eigenvalue weighted by Gasteiger charge is 2.17. The van der Waals surface area contributed by atoms with Crippen molar-refractivity contribution in [3.63, 3.8) is 0 Å². The molecule has 5 heteroatoms. The molecule has 0 radical (unpaired) electrons. The second kappa shape index (κ2) is 9.78. The van der Waals surface area contributed by atoms with Gasteiger partial charge in [0.2, 0.25) is 5.91 Å². The molecule has 28 heavy (non-hydrogen) atoms. The van der Waals surface area contributed by atoms with Crippen LogP contribution < -0.4 is 5.32 Å². The summed E-state index contributed by atoms with van der Waals surface area (Å²) in [5.41, 5.74) is 2.54. The van der Waals surface area contributed by atoms with Gasteiger partial charge < -0.3 is 5.32 Å². The second-order valence-electron chi connectivity index (χ2n) is 7.64. The largest absolute Gasteiger partial charge is 0.352 e. The van der Waals surface area contributed by atoms with Crippen LogP contribution in [0, 0.1) is 11.6 Å². The summed E-state index contributed by atoms with van der Waals surface area (Å²) in [4.78, 5) is 14.5. The molecule has 150 valence electrons. The van der Waals surface area contributed by atoms with Crippen molar-refractivity contribution < 1.29 is 13.6 Å². The molecule has 0 bridgehead atoms. The van der Waals surface area contributed by atoms with Gasteiger partial charge in [-0.05, 0) is 67.6 Å². The van der Waals surface area contributed by atoms with Crippen molar-refractivity contribution in [1.29, 1.82) is 0 Å². The minimum absolute atomic E-state index is 0.130. The van der Waals surface area contributed by atoms with Gasteiger partial charge in [-0.2, -0.15) is 0 Å². The van der Waals surface area contributed by atoms with Crippen molar-refractivity contribution in [1.82, 2.24) is 10.2 Å². The fourth-order valence-electron chi connectivity index (χ4n) is 3.66. The number of halogens is 2. The third-order valence-electron chi connectivity index (χ3n) is 5.47. The molecule has 0 aromatic heterocycles. The molecule has 1 heterocycles. The van der Waals surface area contributed by atoms with E-state index in [1.54, 1.807) is 0 Å². The standard InChI is InChI=1S/C23H28F2N2O/c1-17-4-2-3-13-27(17)16-19-7-5-18(6-8-19)15-26-23(28)12-9-20-14-21(24)10-11-22(20)25/h5-8,10-11,14,17H,2-4,9,12-13,15-16H2,1H3,(H,26,28). The van der Waals surface area contributed by atoms with E-state index >= 15 is 0 Å². The van der Waals surface area contributed by atoms with E-state index in [4.69, 9.17) is 0 Å². The summed E-state index contributed by atoms with van der Waals surface area (Å²) in [6.45, 7) is 4.85. The fourth-order valence-corrected chi connectivity index (χ4v) is 3.66. The number of hydrogen-bond acceptors (Lipinski definition) is 2. The molecular formula is C23H28F2N2O. The monoisotopic (exact) mass is 386 g/mol. The zero-order chi connectivity index (χ0) is 19.9. The van der Waals surface area contributed by atoms with E-state index in [2.05, 4.69) is 29.3 Å². The molecule has 1 aliphatic heterocycles. The zero-order valence-electron chi connectivity index (χ0n) is 16.4. The van der Waals surface area contributed by atoms with Gasteiger partial charge in [-0.25, -0.2) is 8.78 Å². The molecule has 2 aromatic rings. The number of benzene rings is 2. The quantitative estimate of drug-likeness (QED) is 0.755. The summed E-state index contributed by atoms with van der Waals surface area (Å²) < 4.78 is 26.8. The number of carbonyl (C=O) groups is 1. The first-order chi connectivity index (χ1) is 13.5. The van der Waals surface area contributed by atoms with Gasteiger partial charge in [0.15, 0.2) is 0 Å². The number of likely N-dealkylation sites (tertiary alicyclic amines) is 1. The van der Waals surface area contributed by atoms with E-state index < -0.39 is 11.6 Å². The van der Waals surface area contributed by atoms with Gasteiger partial charge in [0, 0.05) is 25.6 Å². The lowest BCUT2D eigenvalue weighted by atomic mass is 10.0. The van der Waals surface area contributed by atoms with Gasteiger partial charge in [-0.1, -0.05) is 30.7 Å². The third kappa shape index (κ3) is 5.86. The Kier molecular flexibility index (Phi) is 7.15. The minimum Gasteiger partial charge on any atom is -0.352 e. The predicted molar refractivity (Wildman–Crippen MR) is 107 cm³/mol. The molecule has 1 aliphatic rings. The highest BCUT2D eigenvalue weighted by molar-refractivity contribution is 5.76. The van der Waals surface area contributed by atoms with Crippen molar-refractivity contribution in [2.45, 2.75) is 58.2 Å². The Hall–Kier alpha value is -2.27. The van der Waals surface area contributed by atoms with Gasteiger partial charge >= 0.3 is 0 Å². The predicted octanol–water partition coefficient (Wildman–Crippen LogP) is 4.59. The molecule has 1 saturated heterocycles. The lowest BCUT2D eigenvalue weighted by molar-refractivity contribution is -0.121. The van der Waals surface area contributed by atoms with Crippen LogP contribution >= 0.6 is 0 Å². The lowest BCUT2D eigenvalue weighted by Gasteiger charge is -2.33. The molecule has 0 aliphatic carbocycles. The molecule has 1 N–H and O–H groups in total. The Bertz CT molecular complexity index is 792. The molecule has 0 spiro atoms. The molecule has 0 saturated carbocycles. The maximum absolute atomic E-state index is 13.6. The average molecular weight is 386 g/mol. The topological polar surface area (TPSA) is 32.3 Å². The van der Waals surface area contributed by atoms with Crippen LogP contribution in [0.4, 0.5) is 8.78 Å². The molecule has 1 unspecified atom stereocenters. The van der Waals surface area contributed by atoms with Gasteiger partial charge in [-0.3, -0.25) is 9.69 Å². The number of carbonyl (C=O) groups excluding carboxylic acids is 1. The Morgan fingerprint density at radius 3 is 2.61 bits per heavy atom. The normalized spacial score (nSPS) is 17.5. The SMILES string of the molecule is CC1CCCCN1Cc1ccc(CNC(=O)CCc2cc(F)ccc2F)cc1. The van der Waals surface area contributed by atoms with Crippen LogP contribution in [0.5, 0.6) is 0 Å².